The highest BCUT2D eigenvalue weighted by atomic mass is 32.2. The van der Waals surface area contributed by atoms with Crippen LogP contribution in [0.2, 0.25) is 0 Å². The van der Waals surface area contributed by atoms with Crippen molar-refractivity contribution in [2.24, 2.45) is 0 Å². The number of anilines is 1. The summed E-state index contributed by atoms with van der Waals surface area (Å²) in [5, 5.41) is 2.59. The van der Waals surface area contributed by atoms with Gasteiger partial charge in [-0.1, -0.05) is 6.07 Å². The summed E-state index contributed by atoms with van der Waals surface area (Å²) in [5.41, 5.74) is 7.48. The number of sulfonamides is 1. The van der Waals surface area contributed by atoms with Crippen molar-refractivity contribution in [3.8, 4) is 0 Å². The molecule has 19 heavy (non-hydrogen) atoms. The van der Waals surface area contributed by atoms with E-state index in [9.17, 15) is 13.2 Å². The molecule has 0 spiro atoms. The topological polar surface area (TPSA) is 101 Å². The van der Waals surface area contributed by atoms with Gasteiger partial charge in [0.15, 0.2) is 0 Å². The van der Waals surface area contributed by atoms with Gasteiger partial charge >= 0.3 is 0 Å². The summed E-state index contributed by atoms with van der Waals surface area (Å²) in [6, 6.07) is 2.94. The number of nitrogens with one attached hydrogen (secondary N) is 2. The predicted octanol–water partition coefficient (Wildman–Crippen LogP) is 0.0524. The van der Waals surface area contributed by atoms with E-state index in [0.29, 0.717) is 12.1 Å². The number of nitrogens with two attached hydrogens (primary N) is 1. The fourth-order valence-electron chi connectivity index (χ4n) is 2.13. The van der Waals surface area contributed by atoms with Crippen LogP contribution in [0.5, 0.6) is 0 Å². The molecule has 1 atom stereocenters. The molecule has 0 aliphatic carbocycles. The van der Waals surface area contributed by atoms with E-state index in [4.69, 9.17) is 5.73 Å². The van der Waals surface area contributed by atoms with E-state index < -0.39 is 16.1 Å². The number of hydrogen-bond donors (Lipinski definition) is 3. The normalized spacial score (nSPS) is 19.5. The fraction of sp³-hybridized carbons (Fsp3) is 0.417. The molecule has 1 aliphatic rings. The zero-order valence-corrected chi connectivity index (χ0v) is 11.7. The molecule has 1 aliphatic heterocycles. The summed E-state index contributed by atoms with van der Waals surface area (Å²) >= 11 is 0. The van der Waals surface area contributed by atoms with Gasteiger partial charge in [0, 0.05) is 19.0 Å². The minimum atomic E-state index is -3.72. The van der Waals surface area contributed by atoms with Crippen molar-refractivity contribution in [1.82, 2.24) is 10.0 Å². The maximum atomic E-state index is 12.4. The maximum Gasteiger partial charge on any atom is 0.243 e. The van der Waals surface area contributed by atoms with Gasteiger partial charge in [-0.05, 0) is 31.0 Å². The van der Waals surface area contributed by atoms with Crippen LogP contribution < -0.4 is 15.8 Å². The van der Waals surface area contributed by atoms with Crippen molar-refractivity contribution >= 4 is 21.6 Å². The lowest BCUT2D eigenvalue weighted by Gasteiger charge is -2.16. The molecule has 0 bridgehead atoms. The van der Waals surface area contributed by atoms with E-state index in [-0.39, 0.29) is 22.9 Å². The summed E-state index contributed by atoms with van der Waals surface area (Å²) in [6.07, 6.45) is 0.157. The molecule has 1 aromatic carbocycles. The third-order valence-electron chi connectivity index (χ3n) is 3.28. The number of aryl methyl sites for hydroxylation is 1. The number of carbonyl (C=O) groups excluding carboxylic acids is 1. The standard InChI is InChI=1S/C12H17N3O3S/c1-7-3-4-10(13)12(8(7)2)19(17,18)15-9-5-11(16)14-6-9/h3-4,9,15H,5-6,13H2,1-2H3,(H,14,16). The van der Waals surface area contributed by atoms with E-state index in [2.05, 4.69) is 10.0 Å². The van der Waals surface area contributed by atoms with Crippen LogP contribution in [-0.2, 0) is 14.8 Å². The van der Waals surface area contributed by atoms with Crippen molar-refractivity contribution < 1.29 is 13.2 Å². The van der Waals surface area contributed by atoms with Gasteiger partial charge in [-0.25, -0.2) is 13.1 Å². The highest BCUT2D eigenvalue weighted by Crippen LogP contribution is 2.25. The Morgan fingerprint density at radius 2 is 2.05 bits per heavy atom. The minimum Gasteiger partial charge on any atom is -0.398 e. The molecule has 1 amide bonds. The Bertz CT molecular complexity index is 625. The summed E-state index contributed by atoms with van der Waals surface area (Å²) in [4.78, 5) is 11.2. The molecule has 7 heteroatoms. The third-order valence-corrected chi connectivity index (χ3v) is 5.00. The van der Waals surface area contributed by atoms with Crippen LogP contribution >= 0.6 is 0 Å². The smallest absolute Gasteiger partial charge is 0.243 e. The van der Waals surface area contributed by atoms with Crippen LogP contribution in [-0.4, -0.2) is 26.9 Å². The average Bonchev–Trinajstić information content (AvgIpc) is 2.68. The number of rotatable bonds is 3. The lowest BCUT2D eigenvalue weighted by atomic mass is 10.1. The summed E-state index contributed by atoms with van der Waals surface area (Å²) in [6.45, 7) is 3.86. The summed E-state index contributed by atoms with van der Waals surface area (Å²) in [7, 11) is -3.72. The van der Waals surface area contributed by atoms with E-state index >= 15 is 0 Å². The molecule has 1 unspecified atom stereocenters. The minimum absolute atomic E-state index is 0.104. The predicted molar refractivity (Wildman–Crippen MR) is 72.1 cm³/mol. The molecule has 0 saturated carbocycles. The van der Waals surface area contributed by atoms with Gasteiger partial charge in [-0.2, -0.15) is 0 Å². The summed E-state index contributed by atoms with van der Waals surface area (Å²) < 4.78 is 27.2. The molecule has 1 saturated heterocycles. The first-order valence-corrected chi connectivity index (χ1v) is 7.44. The van der Waals surface area contributed by atoms with E-state index in [1.54, 1.807) is 19.1 Å². The third kappa shape index (κ3) is 2.71. The highest BCUT2D eigenvalue weighted by molar-refractivity contribution is 7.89. The second kappa shape index (κ2) is 4.82. The molecule has 0 radical (unpaired) electrons. The Balaban J connectivity index is 2.35. The van der Waals surface area contributed by atoms with Crippen molar-refractivity contribution in [1.29, 1.82) is 0 Å². The Kier molecular flexibility index (Phi) is 3.51. The quantitative estimate of drug-likeness (QED) is 0.682. The second-order valence-corrected chi connectivity index (χ2v) is 6.40. The molecular weight excluding hydrogens is 266 g/mol. The number of carbonyl (C=O) groups is 1. The van der Waals surface area contributed by atoms with E-state index in [0.717, 1.165) is 5.56 Å². The van der Waals surface area contributed by atoms with Crippen molar-refractivity contribution in [3.63, 3.8) is 0 Å². The van der Waals surface area contributed by atoms with Crippen LogP contribution in [0.25, 0.3) is 0 Å². The molecule has 1 heterocycles. The first-order chi connectivity index (χ1) is 8.81. The van der Waals surface area contributed by atoms with Crippen LogP contribution in [0.1, 0.15) is 17.5 Å². The van der Waals surface area contributed by atoms with E-state index in [1.807, 2.05) is 6.92 Å². The zero-order valence-electron chi connectivity index (χ0n) is 10.9. The van der Waals surface area contributed by atoms with Gasteiger partial charge in [0.25, 0.3) is 0 Å². The average molecular weight is 283 g/mol. The second-order valence-electron chi connectivity index (χ2n) is 4.75. The molecule has 1 fully saturated rings. The number of benzene rings is 1. The van der Waals surface area contributed by atoms with Crippen LogP contribution in [0.4, 0.5) is 5.69 Å². The largest absolute Gasteiger partial charge is 0.398 e. The fourth-order valence-corrected chi connectivity index (χ4v) is 3.80. The van der Waals surface area contributed by atoms with Crippen molar-refractivity contribution in [2.45, 2.75) is 31.2 Å². The van der Waals surface area contributed by atoms with Crippen LogP contribution in [0.3, 0.4) is 0 Å². The molecule has 6 nitrogen and oxygen atoms in total. The first-order valence-electron chi connectivity index (χ1n) is 5.96. The first kappa shape index (κ1) is 13.8. The molecule has 1 aromatic rings. The highest BCUT2D eigenvalue weighted by Gasteiger charge is 2.29. The van der Waals surface area contributed by atoms with Crippen molar-refractivity contribution in [2.75, 3.05) is 12.3 Å². The van der Waals surface area contributed by atoms with Gasteiger partial charge < -0.3 is 11.1 Å². The molecule has 4 N–H and O–H groups in total. The molecule has 0 aromatic heterocycles. The number of nitrogen functional groups attached to an aromatic ring is 1. The lowest BCUT2D eigenvalue weighted by molar-refractivity contribution is -0.119. The molecule has 2 rings (SSSR count). The Morgan fingerprint density at radius 3 is 2.63 bits per heavy atom. The maximum absolute atomic E-state index is 12.4. The summed E-state index contributed by atoms with van der Waals surface area (Å²) in [5.74, 6) is -0.151. The van der Waals surface area contributed by atoms with Crippen molar-refractivity contribution in [3.05, 3.63) is 23.3 Å². The van der Waals surface area contributed by atoms with Gasteiger partial charge in [0.1, 0.15) is 4.90 Å². The Labute approximate surface area is 112 Å². The van der Waals surface area contributed by atoms with Gasteiger partial charge in [-0.15, -0.1) is 0 Å². The van der Waals surface area contributed by atoms with Gasteiger partial charge in [-0.3, -0.25) is 4.79 Å². The Morgan fingerprint density at radius 1 is 1.37 bits per heavy atom. The number of amides is 1. The van der Waals surface area contributed by atoms with E-state index in [1.165, 1.54) is 0 Å². The molecular formula is C12H17N3O3S. The van der Waals surface area contributed by atoms with Crippen LogP contribution in [0.15, 0.2) is 17.0 Å². The number of hydrogen-bond acceptors (Lipinski definition) is 4. The molecule has 104 valence electrons. The van der Waals surface area contributed by atoms with Gasteiger partial charge in [0.05, 0.1) is 5.69 Å². The lowest BCUT2D eigenvalue weighted by Crippen LogP contribution is -2.36. The monoisotopic (exact) mass is 283 g/mol. The van der Waals surface area contributed by atoms with Gasteiger partial charge in [0.2, 0.25) is 15.9 Å². The van der Waals surface area contributed by atoms with Crippen LogP contribution in [0, 0.1) is 13.8 Å². The zero-order chi connectivity index (χ0) is 14.2. The Hall–Kier alpha value is -1.60. The SMILES string of the molecule is Cc1ccc(N)c(S(=O)(=O)NC2CNC(=O)C2)c1C.